The molecule has 0 fully saturated rings. The Balaban J connectivity index is 3.76. The summed E-state index contributed by atoms with van der Waals surface area (Å²) in [6.07, 6.45) is 0. The van der Waals surface area contributed by atoms with Crippen molar-refractivity contribution in [3.8, 4) is 0 Å². The van der Waals surface area contributed by atoms with E-state index in [0.29, 0.717) is 0 Å². The molecule has 0 aliphatic rings. The predicted molar refractivity (Wildman–Crippen MR) is 35.2 cm³/mol. The summed E-state index contributed by atoms with van der Waals surface area (Å²) >= 11 is 1.53. The zero-order chi connectivity index (χ0) is 6.62. The van der Waals surface area contributed by atoms with Crippen molar-refractivity contribution >= 4 is 32.9 Å². The van der Waals surface area contributed by atoms with E-state index in [0.717, 1.165) is 0 Å². The van der Waals surface area contributed by atoms with Gasteiger partial charge in [0, 0.05) is 22.9 Å². The quantitative estimate of drug-likeness (QED) is 0.412. The van der Waals surface area contributed by atoms with Crippen molar-refractivity contribution in [2.24, 2.45) is 0 Å². The highest BCUT2D eigenvalue weighted by atomic mass is 127. The van der Waals surface area contributed by atoms with Crippen molar-refractivity contribution in [2.75, 3.05) is 6.01 Å². The fraction of sp³-hybridized carbons (Fsp3) is 1.00. The van der Waals surface area contributed by atoms with Gasteiger partial charge < -0.3 is 0 Å². The van der Waals surface area contributed by atoms with E-state index in [1.165, 1.54) is 22.9 Å². The van der Waals surface area contributed by atoms with Crippen molar-refractivity contribution < 1.29 is 12.8 Å². The summed E-state index contributed by atoms with van der Waals surface area (Å²) < 4.78 is 33.4. The van der Waals surface area contributed by atoms with Crippen molar-refractivity contribution in [3.05, 3.63) is 0 Å². The number of nitrogens with one attached hydrogen (secondary N) is 2. The Labute approximate surface area is 60.4 Å². The molecule has 0 bridgehead atoms. The van der Waals surface area contributed by atoms with Crippen molar-refractivity contribution in [3.63, 3.8) is 0 Å². The molecule has 0 heterocycles. The van der Waals surface area contributed by atoms with Crippen LogP contribution in [0.1, 0.15) is 0 Å². The van der Waals surface area contributed by atoms with E-state index in [1.54, 1.807) is 4.83 Å². The Hall–Kier alpha value is 0.530. The Bertz CT molecular complexity index is 144. The van der Waals surface area contributed by atoms with Crippen LogP contribution in [0.4, 0.5) is 4.39 Å². The molecule has 0 saturated carbocycles. The molecule has 0 aromatic rings. The Morgan fingerprint density at radius 3 is 2.25 bits per heavy atom. The summed E-state index contributed by atoms with van der Waals surface area (Å²) in [6.45, 7) is 0. The average molecular weight is 254 g/mol. The van der Waals surface area contributed by atoms with E-state index in [4.69, 9.17) is 0 Å². The van der Waals surface area contributed by atoms with Gasteiger partial charge in [0.15, 0.2) is 0 Å². The molecule has 0 amide bonds. The van der Waals surface area contributed by atoms with E-state index in [1.807, 2.05) is 0 Å². The number of alkyl halides is 1. The van der Waals surface area contributed by atoms with Crippen LogP contribution in [0, 0.1) is 0 Å². The summed E-state index contributed by atoms with van der Waals surface area (Å²) in [4.78, 5) is 1.71. The minimum Gasteiger partial charge on any atom is -0.232 e. The lowest BCUT2D eigenvalue weighted by Gasteiger charge is -1.95. The molecule has 50 valence electrons. The van der Waals surface area contributed by atoms with Crippen molar-refractivity contribution in [1.82, 2.24) is 8.47 Å². The number of hydrogen-bond donors (Lipinski definition) is 2. The maximum Gasteiger partial charge on any atom is 0.254 e. The average Bonchev–Trinajstić information content (AvgIpc) is 1.67. The highest BCUT2D eigenvalue weighted by molar-refractivity contribution is 14.1. The van der Waals surface area contributed by atoms with Crippen LogP contribution >= 0.6 is 22.9 Å². The van der Waals surface area contributed by atoms with Gasteiger partial charge in [-0.3, -0.25) is 0 Å². The molecule has 0 aromatic heterocycles. The van der Waals surface area contributed by atoms with Gasteiger partial charge in [0.25, 0.3) is 10.0 Å². The monoisotopic (exact) mass is 254 g/mol. The second kappa shape index (κ2) is 3.54. The van der Waals surface area contributed by atoms with Crippen molar-refractivity contribution in [2.45, 2.75) is 0 Å². The molecule has 7 heteroatoms. The molecule has 4 nitrogen and oxygen atoms in total. The Morgan fingerprint density at radius 1 is 1.62 bits per heavy atom. The smallest absolute Gasteiger partial charge is 0.232 e. The summed E-state index contributed by atoms with van der Waals surface area (Å²) in [5.74, 6) is 0. The highest BCUT2D eigenvalue weighted by Crippen LogP contribution is 1.80. The van der Waals surface area contributed by atoms with Crippen LogP contribution in [0.3, 0.4) is 0 Å². The normalized spacial score (nSPS) is 11.8. The molecule has 8 heavy (non-hydrogen) atoms. The van der Waals surface area contributed by atoms with Gasteiger partial charge >= 0.3 is 0 Å². The van der Waals surface area contributed by atoms with Gasteiger partial charge in [-0.1, -0.05) is 0 Å². The minimum atomic E-state index is -3.70. The lowest BCUT2D eigenvalue weighted by molar-refractivity contribution is 0.524. The van der Waals surface area contributed by atoms with Crippen LogP contribution in [0.15, 0.2) is 0 Å². The molecule has 0 radical (unpaired) electrons. The van der Waals surface area contributed by atoms with Crippen LogP contribution in [0.5, 0.6) is 0 Å². The first-order valence-electron chi connectivity index (χ1n) is 1.53. The molecule has 2 N–H and O–H groups in total. The van der Waals surface area contributed by atoms with E-state index in [2.05, 4.69) is 3.64 Å². The minimum absolute atomic E-state index is 1.40. The first-order valence-corrected chi connectivity index (χ1v) is 4.26. The second-order valence-corrected chi connectivity index (χ2v) is 3.11. The van der Waals surface area contributed by atoms with Gasteiger partial charge in [-0.05, 0) is 0 Å². The van der Waals surface area contributed by atoms with Gasteiger partial charge in [0.1, 0.15) is 0 Å². The van der Waals surface area contributed by atoms with E-state index in [9.17, 15) is 12.8 Å². The standard InChI is InChI=1S/CH4FIN2O2S/c2-1-8(6,7)5-4-3/h4-5H,1H2. The highest BCUT2D eigenvalue weighted by Gasteiger charge is 2.04. The Morgan fingerprint density at radius 2 is 2.12 bits per heavy atom. The van der Waals surface area contributed by atoms with E-state index in [-0.39, 0.29) is 0 Å². The first-order chi connectivity index (χ1) is 3.62. The molecule has 0 aliphatic heterocycles. The zero-order valence-electron chi connectivity index (χ0n) is 3.69. The molecular formula is CH4FIN2O2S. The van der Waals surface area contributed by atoms with E-state index < -0.39 is 16.0 Å². The molecule has 0 unspecified atom stereocenters. The van der Waals surface area contributed by atoms with Crippen molar-refractivity contribution in [1.29, 1.82) is 0 Å². The van der Waals surface area contributed by atoms with Gasteiger partial charge in [-0.2, -0.15) is 3.64 Å². The zero-order valence-corrected chi connectivity index (χ0v) is 6.66. The number of hydrazine groups is 1. The molecule has 0 atom stereocenters. The molecular weight excluding hydrogens is 250 g/mol. The largest absolute Gasteiger partial charge is 0.254 e. The fourth-order valence-corrected chi connectivity index (χ4v) is 1.26. The molecule has 0 rings (SSSR count). The number of halogens is 2. The van der Waals surface area contributed by atoms with Crippen LogP contribution in [0.25, 0.3) is 0 Å². The fourth-order valence-electron chi connectivity index (χ4n) is 0.0861. The molecule has 0 aliphatic carbocycles. The summed E-state index contributed by atoms with van der Waals surface area (Å²) in [7, 11) is -3.70. The summed E-state index contributed by atoms with van der Waals surface area (Å²) in [5, 5.41) is 0. The topological polar surface area (TPSA) is 58.2 Å². The maximum absolute atomic E-state index is 11.3. The van der Waals surface area contributed by atoms with Gasteiger partial charge in [-0.25, -0.2) is 12.8 Å². The van der Waals surface area contributed by atoms with Gasteiger partial charge in [0.2, 0.25) is 6.01 Å². The number of sulfonamides is 1. The molecule has 0 spiro atoms. The third-order valence-electron chi connectivity index (χ3n) is 0.338. The van der Waals surface area contributed by atoms with Crippen LogP contribution in [-0.4, -0.2) is 14.4 Å². The Kier molecular flexibility index (Phi) is 3.77. The SMILES string of the molecule is O=S(=O)(CF)NNI. The van der Waals surface area contributed by atoms with E-state index >= 15 is 0 Å². The van der Waals surface area contributed by atoms with Crippen LogP contribution in [0.2, 0.25) is 0 Å². The van der Waals surface area contributed by atoms with Crippen LogP contribution < -0.4 is 8.47 Å². The van der Waals surface area contributed by atoms with Gasteiger partial charge in [0.05, 0.1) is 0 Å². The van der Waals surface area contributed by atoms with Gasteiger partial charge in [-0.15, -0.1) is 4.83 Å². The lowest BCUT2D eigenvalue weighted by atomic mass is 11.8. The molecule has 0 saturated heterocycles. The maximum atomic E-state index is 11.3. The summed E-state index contributed by atoms with van der Waals surface area (Å²) in [5.41, 5.74) is 0. The first kappa shape index (κ1) is 8.53. The lowest BCUT2D eigenvalue weighted by Crippen LogP contribution is -2.31. The third kappa shape index (κ3) is 3.52. The third-order valence-corrected chi connectivity index (χ3v) is 1.67. The van der Waals surface area contributed by atoms with Crippen LogP contribution in [-0.2, 0) is 10.0 Å². The molecule has 0 aromatic carbocycles. The number of rotatable bonds is 3. The summed E-state index contributed by atoms with van der Waals surface area (Å²) in [6, 6.07) is -1.40. The number of hydrogen-bond acceptors (Lipinski definition) is 3. The second-order valence-electron chi connectivity index (χ2n) is 0.920. The predicted octanol–water partition coefficient (Wildman–Crippen LogP) is -0.313.